The lowest BCUT2D eigenvalue weighted by molar-refractivity contribution is -0.130. The summed E-state index contributed by atoms with van der Waals surface area (Å²) in [5.74, 6) is 0.335. The summed E-state index contributed by atoms with van der Waals surface area (Å²) >= 11 is 0. The number of hydrogen-bond acceptors (Lipinski definition) is 2. The fourth-order valence-corrected chi connectivity index (χ4v) is 1.62. The van der Waals surface area contributed by atoms with Crippen LogP contribution in [0.25, 0.3) is 0 Å². The van der Waals surface area contributed by atoms with Crippen LogP contribution in [0.15, 0.2) is 0 Å². The van der Waals surface area contributed by atoms with Crippen molar-refractivity contribution in [3.05, 3.63) is 0 Å². The van der Waals surface area contributed by atoms with E-state index >= 15 is 0 Å². The van der Waals surface area contributed by atoms with Gasteiger partial charge in [-0.2, -0.15) is 0 Å². The van der Waals surface area contributed by atoms with E-state index in [2.05, 4.69) is 17.6 Å². The lowest BCUT2D eigenvalue weighted by Crippen LogP contribution is -2.50. The van der Waals surface area contributed by atoms with Crippen molar-refractivity contribution < 1.29 is 9.59 Å². The van der Waals surface area contributed by atoms with Gasteiger partial charge in [-0.1, -0.05) is 20.3 Å². The van der Waals surface area contributed by atoms with Crippen LogP contribution in [0.4, 0.5) is 0 Å². The molecule has 1 aliphatic heterocycles. The number of carbonyl (C=O) groups excluding carboxylic acids is 2. The molecule has 86 valence electrons. The Balaban J connectivity index is 2.33. The number of rotatable bonds is 4. The van der Waals surface area contributed by atoms with Crippen molar-refractivity contribution >= 4 is 11.8 Å². The summed E-state index contributed by atoms with van der Waals surface area (Å²) in [4.78, 5) is 22.9. The van der Waals surface area contributed by atoms with Gasteiger partial charge in [0.15, 0.2) is 0 Å². The number of piperidine rings is 1. The summed E-state index contributed by atoms with van der Waals surface area (Å²) in [5.41, 5.74) is 0. The molecule has 0 aliphatic carbocycles. The van der Waals surface area contributed by atoms with Gasteiger partial charge in [0.1, 0.15) is 6.04 Å². The molecule has 1 saturated heterocycles. The zero-order valence-corrected chi connectivity index (χ0v) is 9.51. The average Bonchev–Trinajstić information content (AvgIpc) is 2.21. The van der Waals surface area contributed by atoms with E-state index in [1.807, 2.05) is 6.92 Å². The Labute approximate surface area is 90.8 Å². The quantitative estimate of drug-likeness (QED) is 0.724. The molecular formula is C11H20N2O2. The van der Waals surface area contributed by atoms with Crippen molar-refractivity contribution in [2.75, 3.05) is 6.54 Å². The first kappa shape index (κ1) is 12.0. The molecule has 0 aromatic heterocycles. The molecule has 1 rings (SSSR count). The Bertz CT molecular complexity index is 241. The topological polar surface area (TPSA) is 58.2 Å². The molecular weight excluding hydrogens is 192 g/mol. The lowest BCUT2D eigenvalue weighted by atomic mass is 10.0. The molecule has 1 heterocycles. The maximum Gasteiger partial charge on any atom is 0.242 e. The first-order valence-electron chi connectivity index (χ1n) is 5.70. The molecule has 0 radical (unpaired) electrons. The smallest absolute Gasteiger partial charge is 0.242 e. The molecule has 4 nitrogen and oxygen atoms in total. The Hall–Kier alpha value is -1.06. The summed E-state index contributed by atoms with van der Waals surface area (Å²) in [7, 11) is 0. The minimum atomic E-state index is -0.310. The Morgan fingerprint density at radius 2 is 2.40 bits per heavy atom. The second kappa shape index (κ2) is 5.73. The highest BCUT2D eigenvalue weighted by Gasteiger charge is 2.23. The molecule has 0 aromatic carbocycles. The van der Waals surface area contributed by atoms with Crippen molar-refractivity contribution in [2.24, 2.45) is 5.92 Å². The molecule has 0 aromatic rings. The third kappa shape index (κ3) is 3.90. The standard InChI is InChI=1S/C11H20N2O2/c1-3-8(2)7-10(14)13-9-5-4-6-12-11(9)15/h8-9H,3-7H2,1-2H3,(H,12,15)(H,13,14). The largest absolute Gasteiger partial charge is 0.354 e. The summed E-state index contributed by atoms with van der Waals surface area (Å²) in [5, 5.41) is 5.53. The normalized spacial score (nSPS) is 23.1. The van der Waals surface area contributed by atoms with Crippen molar-refractivity contribution in [2.45, 2.75) is 45.6 Å². The zero-order valence-electron chi connectivity index (χ0n) is 9.51. The predicted molar refractivity (Wildman–Crippen MR) is 58.2 cm³/mol. The fraction of sp³-hybridized carbons (Fsp3) is 0.818. The number of amides is 2. The van der Waals surface area contributed by atoms with Gasteiger partial charge in [-0.25, -0.2) is 0 Å². The van der Waals surface area contributed by atoms with E-state index in [0.29, 0.717) is 12.3 Å². The number of carbonyl (C=O) groups is 2. The minimum absolute atomic E-state index is 0.00796. The molecule has 15 heavy (non-hydrogen) atoms. The van der Waals surface area contributed by atoms with Gasteiger partial charge in [0.05, 0.1) is 0 Å². The predicted octanol–water partition coefficient (Wildman–Crippen LogP) is 0.817. The van der Waals surface area contributed by atoms with Crippen LogP contribution in [0, 0.1) is 5.92 Å². The Kier molecular flexibility index (Phi) is 4.59. The maximum absolute atomic E-state index is 11.5. The Morgan fingerprint density at radius 1 is 1.67 bits per heavy atom. The van der Waals surface area contributed by atoms with Gasteiger partial charge in [-0.05, 0) is 18.8 Å². The van der Waals surface area contributed by atoms with Crippen LogP contribution in [-0.2, 0) is 9.59 Å². The maximum atomic E-state index is 11.5. The van der Waals surface area contributed by atoms with E-state index in [-0.39, 0.29) is 17.9 Å². The molecule has 0 saturated carbocycles. The average molecular weight is 212 g/mol. The zero-order chi connectivity index (χ0) is 11.3. The third-order valence-corrected chi connectivity index (χ3v) is 2.85. The van der Waals surface area contributed by atoms with E-state index in [4.69, 9.17) is 0 Å². The molecule has 0 spiro atoms. The van der Waals surface area contributed by atoms with Crippen LogP contribution in [-0.4, -0.2) is 24.4 Å². The molecule has 2 unspecified atom stereocenters. The molecule has 1 aliphatic rings. The summed E-state index contributed by atoms with van der Waals surface area (Å²) in [6.07, 6.45) is 3.21. The molecule has 1 fully saturated rings. The van der Waals surface area contributed by atoms with Crippen molar-refractivity contribution in [1.29, 1.82) is 0 Å². The monoisotopic (exact) mass is 212 g/mol. The fourth-order valence-electron chi connectivity index (χ4n) is 1.62. The summed E-state index contributed by atoms with van der Waals surface area (Å²) in [6.45, 7) is 4.84. The Morgan fingerprint density at radius 3 is 3.00 bits per heavy atom. The second-order valence-electron chi connectivity index (χ2n) is 4.27. The van der Waals surface area contributed by atoms with Crippen LogP contribution in [0.3, 0.4) is 0 Å². The molecule has 0 bridgehead atoms. The first-order valence-corrected chi connectivity index (χ1v) is 5.70. The van der Waals surface area contributed by atoms with Gasteiger partial charge in [-0.3, -0.25) is 9.59 Å². The summed E-state index contributed by atoms with van der Waals surface area (Å²) < 4.78 is 0. The van der Waals surface area contributed by atoms with Crippen LogP contribution in [0.5, 0.6) is 0 Å². The van der Waals surface area contributed by atoms with Crippen LogP contribution in [0.1, 0.15) is 39.5 Å². The highest BCUT2D eigenvalue weighted by atomic mass is 16.2. The van der Waals surface area contributed by atoms with E-state index < -0.39 is 0 Å². The molecule has 2 atom stereocenters. The molecule has 2 N–H and O–H groups in total. The van der Waals surface area contributed by atoms with Gasteiger partial charge >= 0.3 is 0 Å². The SMILES string of the molecule is CCC(C)CC(=O)NC1CCCNC1=O. The van der Waals surface area contributed by atoms with Gasteiger partial charge in [-0.15, -0.1) is 0 Å². The highest BCUT2D eigenvalue weighted by Crippen LogP contribution is 2.08. The second-order valence-corrected chi connectivity index (χ2v) is 4.27. The molecule has 4 heteroatoms. The van der Waals surface area contributed by atoms with E-state index in [1.165, 1.54) is 0 Å². The molecule has 2 amide bonds. The summed E-state index contributed by atoms with van der Waals surface area (Å²) in [6, 6.07) is -0.310. The highest BCUT2D eigenvalue weighted by molar-refractivity contribution is 5.88. The van der Waals surface area contributed by atoms with Gasteiger partial charge in [0.25, 0.3) is 0 Å². The van der Waals surface area contributed by atoms with Crippen LogP contribution in [0.2, 0.25) is 0 Å². The van der Waals surface area contributed by atoms with Crippen molar-refractivity contribution in [1.82, 2.24) is 10.6 Å². The third-order valence-electron chi connectivity index (χ3n) is 2.85. The van der Waals surface area contributed by atoms with Crippen molar-refractivity contribution in [3.8, 4) is 0 Å². The van der Waals surface area contributed by atoms with Gasteiger partial charge in [0.2, 0.25) is 11.8 Å². The van der Waals surface area contributed by atoms with Gasteiger partial charge in [0, 0.05) is 13.0 Å². The van der Waals surface area contributed by atoms with Gasteiger partial charge < -0.3 is 10.6 Å². The van der Waals surface area contributed by atoms with E-state index in [1.54, 1.807) is 0 Å². The first-order chi connectivity index (χ1) is 7.13. The van der Waals surface area contributed by atoms with E-state index in [9.17, 15) is 9.59 Å². The van der Waals surface area contributed by atoms with Crippen LogP contribution < -0.4 is 10.6 Å². The number of hydrogen-bond donors (Lipinski definition) is 2. The lowest BCUT2D eigenvalue weighted by Gasteiger charge is -2.23. The van der Waals surface area contributed by atoms with Crippen molar-refractivity contribution in [3.63, 3.8) is 0 Å². The minimum Gasteiger partial charge on any atom is -0.354 e. The number of nitrogens with one attached hydrogen (secondary N) is 2. The van der Waals surface area contributed by atoms with E-state index in [0.717, 1.165) is 25.8 Å². The van der Waals surface area contributed by atoms with Crippen LogP contribution >= 0.6 is 0 Å².